The lowest BCUT2D eigenvalue weighted by atomic mass is 10.2. The van der Waals surface area contributed by atoms with Crippen molar-refractivity contribution in [3.8, 4) is 0 Å². The number of nitrogens with zero attached hydrogens (tertiary/aromatic N) is 1. The maximum Gasteiger partial charge on any atom is 0.304 e. The second kappa shape index (κ2) is 11.6. The van der Waals surface area contributed by atoms with E-state index in [4.69, 9.17) is 14.9 Å². The van der Waals surface area contributed by atoms with Crippen LogP contribution in [0.25, 0.3) is 0 Å². The molecule has 3 N–H and O–H groups in total. The van der Waals surface area contributed by atoms with Gasteiger partial charge in [-0.2, -0.15) is 0 Å². The van der Waals surface area contributed by atoms with Gasteiger partial charge in [0.2, 0.25) is 5.91 Å². The Kier molecular flexibility index (Phi) is 10.9. The van der Waals surface area contributed by atoms with E-state index >= 15 is 0 Å². The van der Waals surface area contributed by atoms with Crippen molar-refractivity contribution in [2.45, 2.75) is 32.7 Å². The number of ether oxygens (including phenoxy) is 1. The van der Waals surface area contributed by atoms with Crippen molar-refractivity contribution in [1.29, 1.82) is 0 Å². The third-order valence-corrected chi connectivity index (χ3v) is 2.82. The summed E-state index contributed by atoms with van der Waals surface area (Å²) in [5.41, 5.74) is 0. The summed E-state index contributed by atoms with van der Waals surface area (Å²) in [5.74, 6) is -1.01. The molecule has 0 fully saturated rings. The lowest BCUT2D eigenvalue weighted by Crippen LogP contribution is -2.42. The zero-order valence-electron chi connectivity index (χ0n) is 12.3. The van der Waals surface area contributed by atoms with Gasteiger partial charge in [0.05, 0.1) is 32.8 Å². The first-order valence-electron chi connectivity index (χ1n) is 6.91. The Morgan fingerprint density at radius 1 is 1.30 bits per heavy atom. The van der Waals surface area contributed by atoms with Crippen molar-refractivity contribution in [2.24, 2.45) is 0 Å². The van der Waals surface area contributed by atoms with Gasteiger partial charge >= 0.3 is 5.97 Å². The van der Waals surface area contributed by atoms with Crippen LogP contribution in [0.3, 0.4) is 0 Å². The lowest BCUT2D eigenvalue weighted by molar-refractivity contribution is -0.138. The van der Waals surface area contributed by atoms with Gasteiger partial charge in [0.25, 0.3) is 0 Å². The van der Waals surface area contributed by atoms with E-state index in [2.05, 4.69) is 5.32 Å². The van der Waals surface area contributed by atoms with Crippen molar-refractivity contribution in [2.75, 3.05) is 39.5 Å². The molecule has 1 amide bonds. The normalized spacial score (nSPS) is 12.4. The van der Waals surface area contributed by atoms with Crippen LogP contribution in [0, 0.1) is 0 Å². The summed E-state index contributed by atoms with van der Waals surface area (Å²) >= 11 is 0. The second-order valence-corrected chi connectivity index (χ2v) is 4.63. The van der Waals surface area contributed by atoms with E-state index < -0.39 is 5.97 Å². The SMILES string of the molecule is CCC(C)NC(=O)CN(CCOCCO)CCC(=O)O. The topological polar surface area (TPSA) is 99.1 Å². The van der Waals surface area contributed by atoms with E-state index in [-0.39, 0.29) is 38.1 Å². The number of aliphatic hydroxyl groups is 1. The summed E-state index contributed by atoms with van der Waals surface area (Å²) in [4.78, 5) is 24.1. The molecule has 0 saturated heterocycles. The zero-order chi connectivity index (χ0) is 15.4. The number of aliphatic hydroxyl groups excluding tert-OH is 1. The number of hydrogen-bond acceptors (Lipinski definition) is 5. The molecule has 0 aromatic heterocycles. The first-order valence-corrected chi connectivity index (χ1v) is 6.91. The van der Waals surface area contributed by atoms with Crippen LogP contribution in [-0.4, -0.2) is 72.5 Å². The third-order valence-electron chi connectivity index (χ3n) is 2.82. The molecule has 0 aliphatic rings. The minimum atomic E-state index is -0.895. The first kappa shape index (κ1) is 18.8. The van der Waals surface area contributed by atoms with E-state index in [1.165, 1.54) is 0 Å². The minimum Gasteiger partial charge on any atom is -0.481 e. The third kappa shape index (κ3) is 10.7. The van der Waals surface area contributed by atoms with Gasteiger partial charge in [-0.1, -0.05) is 6.92 Å². The fourth-order valence-corrected chi connectivity index (χ4v) is 1.51. The molecular weight excluding hydrogens is 264 g/mol. The average Bonchev–Trinajstić information content (AvgIpc) is 2.40. The van der Waals surface area contributed by atoms with E-state index in [1.807, 2.05) is 13.8 Å². The maximum absolute atomic E-state index is 11.8. The monoisotopic (exact) mass is 290 g/mol. The molecule has 118 valence electrons. The van der Waals surface area contributed by atoms with Crippen LogP contribution in [0.2, 0.25) is 0 Å². The summed E-state index contributed by atoms with van der Waals surface area (Å²) < 4.78 is 5.13. The van der Waals surface area contributed by atoms with E-state index in [0.717, 1.165) is 6.42 Å². The number of carbonyl (C=O) groups excluding carboxylic acids is 1. The number of carboxylic acids is 1. The molecule has 0 aromatic carbocycles. The predicted molar refractivity (Wildman–Crippen MR) is 74.5 cm³/mol. The van der Waals surface area contributed by atoms with Crippen LogP contribution in [0.1, 0.15) is 26.7 Å². The molecule has 0 radical (unpaired) electrons. The van der Waals surface area contributed by atoms with Gasteiger partial charge in [-0.05, 0) is 13.3 Å². The lowest BCUT2D eigenvalue weighted by Gasteiger charge is -2.22. The number of rotatable bonds is 12. The Labute approximate surface area is 119 Å². The van der Waals surface area contributed by atoms with Gasteiger partial charge in [-0.25, -0.2) is 0 Å². The van der Waals surface area contributed by atoms with Crippen molar-refractivity contribution in [3.63, 3.8) is 0 Å². The van der Waals surface area contributed by atoms with Crippen molar-refractivity contribution < 1.29 is 24.5 Å². The van der Waals surface area contributed by atoms with Crippen molar-refractivity contribution in [1.82, 2.24) is 10.2 Å². The first-order chi connectivity index (χ1) is 9.49. The highest BCUT2D eigenvalue weighted by atomic mass is 16.5. The van der Waals surface area contributed by atoms with Crippen LogP contribution in [0.15, 0.2) is 0 Å². The number of carboxylic acid groups (broad SMARTS) is 1. The zero-order valence-corrected chi connectivity index (χ0v) is 12.3. The van der Waals surface area contributed by atoms with E-state index in [0.29, 0.717) is 19.7 Å². The summed E-state index contributed by atoms with van der Waals surface area (Å²) in [6.07, 6.45) is 0.830. The van der Waals surface area contributed by atoms with Crippen molar-refractivity contribution in [3.05, 3.63) is 0 Å². The Morgan fingerprint density at radius 3 is 2.55 bits per heavy atom. The molecule has 0 bridgehead atoms. The number of nitrogens with one attached hydrogen (secondary N) is 1. The van der Waals surface area contributed by atoms with Gasteiger partial charge in [0.15, 0.2) is 0 Å². The molecule has 20 heavy (non-hydrogen) atoms. The molecular formula is C13H26N2O5. The fourth-order valence-electron chi connectivity index (χ4n) is 1.51. The van der Waals surface area contributed by atoms with Gasteiger partial charge in [0.1, 0.15) is 0 Å². The van der Waals surface area contributed by atoms with E-state index in [1.54, 1.807) is 4.90 Å². The Bertz CT molecular complexity index is 286. The molecule has 0 spiro atoms. The van der Waals surface area contributed by atoms with Gasteiger partial charge in [-0.15, -0.1) is 0 Å². The number of hydrogen-bond donors (Lipinski definition) is 3. The highest BCUT2D eigenvalue weighted by Gasteiger charge is 2.13. The van der Waals surface area contributed by atoms with Crippen LogP contribution in [0.5, 0.6) is 0 Å². The second-order valence-electron chi connectivity index (χ2n) is 4.63. The number of amides is 1. The summed E-state index contributed by atoms with van der Waals surface area (Å²) in [6, 6.07) is 0.106. The molecule has 0 aromatic rings. The highest BCUT2D eigenvalue weighted by molar-refractivity contribution is 5.78. The summed E-state index contributed by atoms with van der Waals surface area (Å²) in [6.45, 7) is 5.36. The van der Waals surface area contributed by atoms with E-state index in [9.17, 15) is 9.59 Å². The average molecular weight is 290 g/mol. The molecule has 1 unspecified atom stereocenters. The standard InChI is InChI=1S/C13H26N2O5/c1-3-11(2)14-12(17)10-15(5-4-13(18)19)6-8-20-9-7-16/h11,16H,3-10H2,1-2H3,(H,14,17)(H,18,19). The largest absolute Gasteiger partial charge is 0.481 e. The Morgan fingerprint density at radius 2 is 2.00 bits per heavy atom. The number of carbonyl (C=O) groups is 2. The Balaban J connectivity index is 4.14. The van der Waals surface area contributed by atoms with Crippen LogP contribution in [0.4, 0.5) is 0 Å². The van der Waals surface area contributed by atoms with Crippen LogP contribution < -0.4 is 5.32 Å². The van der Waals surface area contributed by atoms with Gasteiger partial charge < -0.3 is 20.3 Å². The molecule has 7 nitrogen and oxygen atoms in total. The molecule has 7 heteroatoms. The fraction of sp³-hybridized carbons (Fsp3) is 0.846. The molecule has 0 heterocycles. The molecule has 0 aliphatic carbocycles. The van der Waals surface area contributed by atoms with Crippen LogP contribution >= 0.6 is 0 Å². The molecule has 0 rings (SSSR count). The van der Waals surface area contributed by atoms with Crippen LogP contribution in [-0.2, 0) is 14.3 Å². The molecule has 0 saturated carbocycles. The maximum atomic E-state index is 11.8. The smallest absolute Gasteiger partial charge is 0.304 e. The summed E-state index contributed by atoms with van der Waals surface area (Å²) in [7, 11) is 0. The predicted octanol–water partition coefficient (Wildman–Crippen LogP) is -0.313. The summed E-state index contributed by atoms with van der Waals surface area (Å²) in [5, 5.41) is 20.1. The van der Waals surface area contributed by atoms with Crippen molar-refractivity contribution >= 4 is 11.9 Å². The highest BCUT2D eigenvalue weighted by Crippen LogP contribution is 1.95. The Hall–Kier alpha value is -1.18. The molecule has 1 atom stereocenters. The minimum absolute atomic E-state index is 0.0173. The quantitative estimate of drug-likeness (QED) is 0.426. The van der Waals surface area contributed by atoms with Gasteiger partial charge in [-0.3, -0.25) is 14.5 Å². The van der Waals surface area contributed by atoms with Gasteiger partial charge in [0, 0.05) is 19.1 Å². The number of aliphatic carboxylic acids is 1. The molecule has 0 aliphatic heterocycles.